The Morgan fingerprint density at radius 2 is 1.95 bits per heavy atom. The molecule has 0 bridgehead atoms. The Bertz CT molecular complexity index is 609. The van der Waals surface area contributed by atoms with Crippen molar-refractivity contribution in [2.75, 3.05) is 5.32 Å². The fraction of sp³-hybridized carbons (Fsp3) is 0.375. The lowest BCUT2D eigenvalue weighted by atomic mass is 10.1. The van der Waals surface area contributed by atoms with Crippen molar-refractivity contribution in [2.24, 2.45) is 0 Å². The smallest absolute Gasteiger partial charge is 0.137 e. The van der Waals surface area contributed by atoms with E-state index in [-0.39, 0.29) is 5.92 Å². The first-order valence-electron chi connectivity index (χ1n) is 6.81. The monoisotopic (exact) mass is 289 g/mol. The number of hydrogen-bond donors (Lipinski definition) is 1. The third-order valence-corrected chi connectivity index (χ3v) is 3.53. The fourth-order valence-corrected chi connectivity index (χ4v) is 2.12. The molecule has 20 heavy (non-hydrogen) atoms. The van der Waals surface area contributed by atoms with E-state index in [1.54, 1.807) is 0 Å². The van der Waals surface area contributed by atoms with E-state index in [9.17, 15) is 0 Å². The highest BCUT2D eigenvalue weighted by Gasteiger charge is 2.11. The zero-order valence-corrected chi connectivity index (χ0v) is 13.1. The van der Waals surface area contributed by atoms with Gasteiger partial charge in [-0.15, -0.1) is 0 Å². The zero-order chi connectivity index (χ0) is 14.7. The third-order valence-electron chi connectivity index (χ3n) is 3.16. The number of rotatable bonds is 4. The van der Waals surface area contributed by atoms with Crippen LogP contribution in [0, 0.1) is 13.8 Å². The number of nitrogens with zero attached hydrogens (tertiary/aromatic N) is 2. The Balaban J connectivity index is 2.20. The number of halogens is 1. The van der Waals surface area contributed by atoms with Gasteiger partial charge in [0, 0.05) is 18.0 Å². The van der Waals surface area contributed by atoms with Gasteiger partial charge in [0.1, 0.15) is 16.8 Å². The fourth-order valence-electron chi connectivity index (χ4n) is 1.94. The molecule has 0 aliphatic heterocycles. The molecular formula is C16H20ClN3. The van der Waals surface area contributed by atoms with E-state index in [4.69, 9.17) is 11.6 Å². The first-order chi connectivity index (χ1) is 9.47. The molecule has 1 N–H and O–H groups in total. The average molecular weight is 290 g/mol. The Morgan fingerprint density at radius 3 is 2.60 bits per heavy atom. The lowest BCUT2D eigenvalue weighted by molar-refractivity contribution is 0.771. The number of hydrogen-bond acceptors (Lipinski definition) is 3. The molecule has 1 aromatic carbocycles. The van der Waals surface area contributed by atoms with Gasteiger partial charge in [-0.3, -0.25) is 0 Å². The molecule has 0 spiro atoms. The maximum atomic E-state index is 6.18. The van der Waals surface area contributed by atoms with Gasteiger partial charge in [0.25, 0.3) is 0 Å². The van der Waals surface area contributed by atoms with E-state index in [1.165, 1.54) is 11.1 Å². The maximum Gasteiger partial charge on any atom is 0.137 e. The molecule has 0 aliphatic carbocycles. The van der Waals surface area contributed by atoms with Crippen LogP contribution in [0.3, 0.4) is 0 Å². The van der Waals surface area contributed by atoms with Crippen LogP contribution in [0.1, 0.15) is 42.3 Å². The van der Waals surface area contributed by atoms with E-state index in [1.807, 2.05) is 6.92 Å². The highest BCUT2D eigenvalue weighted by molar-refractivity contribution is 6.30. The second-order valence-corrected chi connectivity index (χ2v) is 5.70. The van der Waals surface area contributed by atoms with Crippen molar-refractivity contribution in [1.82, 2.24) is 9.97 Å². The first kappa shape index (κ1) is 14.8. The highest BCUT2D eigenvalue weighted by atomic mass is 35.5. The summed E-state index contributed by atoms with van der Waals surface area (Å²) in [4.78, 5) is 8.88. The Labute approximate surface area is 125 Å². The molecule has 0 amide bonds. The number of nitrogens with one attached hydrogen (secondary N) is 1. The Kier molecular flexibility index (Phi) is 4.61. The lowest BCUT2D eigenvalue weighted by Crippen LogP contribution is -2.08. The van der Waals surface area contributed by atoms with E-state index in [0.717, 1.165) is 23.8 Å². The summed E-state index contributed by atoms with van der Waals surface area (Å²) in [6.45, 7) is 8.88. The summed E-state index contributed by atoms with van der Waals surface area (Å²) < 4.78 is 0. The van der Waals surface area contributed by atoms with E-state index >= 15 is 0 Å². The minimum Gasteiger partial charge on any atom is -0.366 e. The SMILES string of the molecule is Cc1cccc(CNc2nc(C(C)C)nc(Cl)c2C)c1. The second-order valence-electron chi connectivity index (χ2n) is 5.34. The van der Waals surface area contributed by atoms with Crippen LogP contribution in [-0.2, 0) is 6.54 Å². The van der Waals surface area contributed by atoms with Crippen molar-refractivity contribution in [3.05, 3.63) is 51.9 Å². The third kappa shape index (κ3) is 3.48. The molecule has 1 aromatic heterocycles. The van der Waals surface area contributed by atoms with Crippen molar-refractivity contribution in [1.29, 1.82) is 0 Å². The predicted molar refractivity (Wildman–Crippen MR) is 84.4 cm³/mol. The zero-order valence-electron chi connectivity index (χ0n) is 12.4. The number of benzene rings is 1. The highest BCUT2D eigenvalue weighted by Crippen LogP contribution is 2.23. The van der Waals surface area contributed by atoms with Gasteiger partial charge in [0.15, 0.2) is 0 Å². The van der Waals surface area contributed by atoms with Gasteiger partial charge >= 0.3 is 0 Å². The Hall–Kier alpha value is -1.61. The van der Waals surface area contributed by atoms with Gasteiger partial charge in [-0.05, 0) is 19.4 Å². The van der Waals surface area contributed by atoms with Crippen LogP contribution >= 0.6 is 11.6 Å². The summed E-state index contributed by atoms with van der Waals surface area (Å²) in [5.74, 6) is 1.84. The van der Waals surface area contributed by atoms with E-state index in [2.05, 4.69) is 60.3 Å². The summed E-state index contributed by atoms with van der Waals surface area (Å²) in [7, 11) is 0. The number of aryl methyl sites for hydroxylation is 1. The first-order valence-corrected chi connectivity index (χ1v) is 7.18. The van der Waals surface area contributed by atoms with Gasteiger partial charge in [-0.25, -0.2) is 9.97 Å². The maximum absolute atomic E-state index is 6.18. The minimum absolute atomic E-state index is 0.257. The molecule has 0 saturated heterocycles. The van der Waals surface area contributed by atoms with Crippen LogP contribution in [0.2, 0.25) is 5.15 Å². The summed E-state index contributed by atoms with van der Waals surface area (Å²) in [6, 6.07) is 8.41. The summed E-state index contributed by atoms with van der Waals surface area (Å²) in [5, 5.41) is 3.88. The number of anilines is 1. The molecule has 2 aromatic rings. The molecule has 0 fully saturated rings. The molecule has 4 heteroatoms. The minimum atomic E-state index is 0.257. The van der Waals surface area contributed by atoms with Crippen LogP contribution in [-0.4, -0.2) is 9.97 Å². The molecule has 2 rings (SSSR count). The molecule has 0 aliphatic rings. The van der Waals surface area contributed by atoms with Crippen molar-refractivity contribution in [3.63, 3.8) is 0 Å². The van der Waals surface area contributed by atoms with Crippen LogP contribution in [0.5, 0.6) is 0 Å². The molecule has 106 valence electrons. The van der Waals surface area contributed by atoms with Gasteiger partial charge in [0.2, 0.25) is 0 Å². The van der Waals surface area contributed by atoms with E-state index < -0.39 is 0 Å². The normalized spacial score (nSPS) is 10.9. The van der Waals surface area contributed by atoms with Gasteiger partial charge in [0.05, 0.1) is 0 Å². The topological polar surface area (TPSA) is 37.8 Å². The second kappa shape index (κ2) is 6.23. The largest absolute Gasteiger partial charge is 0.366 e. The van der Waals surface area contributed by atoms with Crippen molar-refractivity contribution >= 4 is 17.4 Å². The Morgan fingerprint density at radius 1 is 1.20 bits per heavy atom. The van der Waals surface area contributed by atoms with Crippen LogP contribution in [0.25, 0.3) is 0 Å². The van der Waals surface area contributed by atoms with Crippen molar-refractivity contribution in [2.45, 2.75) is 40.2 Å². The molecule has 0 saturated carbocycles. The van der Waals surface area contributed by atoms with Gasteiger partial charge in [-0.1, -0.05) is 55.3 Å². The van der Waals surface area contributed by atoms with Gasteiger partial charge < -0.3 is 5.32 Å². The quantitative estimate of drug-likeness (QED) is 0.843. The average Bonchev–Trinajstić information content (AvgIpc) is 2.40. The van der Waals surface area contributed by atoms with Gasteiger partial charge in [-0.2, -0.15) is 0 Å². The van der Waals surface area contributed by atoms with E-state index in [0.29, 0.717) is 5.15 Å². The lowest BCUT2D eigenvalue weighted by Gasteiger charge is -2.13. The molecular weight excluding hydrogens is 270 g/mol. The van der Waals surface area contributed by atoms with Crippen molar-refractivity contribution in [3.8, 4) is 0 Å². The standard InChI is InChI=1S/C16H20ClN3/c1-10(2)15-19-14(17)12(4)16(20-15)18-9-13-7-5-6-11(3)8-13/h5-8,10H,9H2,1-4H3,(H,18,19,20). The van der Waals surface area contributed by atoms with Crippen LogP contribution < -0.4 is 5.32 Å². The van der Waals surface area contributed by atoms with Crippen LogP contribution in [0.4, 0.5) is 5.82 Å². The van der Waals surface area contributed by atoms with Crippen molar-refractivity contribution < 1.29 is 0 Å². The molecule has 1 heterocycles. The molecule has 0 radical (unpaired) electrons. The molecule has 3 nitrogen and oxygen atoms in total. The summed E-state index contributed by atoms with van der Waals surface area (Å²) in [5.41, 5.74) is 3.37. The molecule has 0 atom stereocenters. The number of aromatic nitrogens is 2. The summed E-state index contributed by atoms with van der Waals surface area (Å²) in [6.07, 6.45) is 0. The van der Waals surface area contributed by atoms with Crippen LogP contribution in [0.15, 0.2) is 24.3 Å². The molecule has 0 unspecified atom stereocenters. The summed E-state index contributed by atoms with van der Waals surface area (Å²) >= 11 is 6.18. The predicted octanol–water partition coefficient (Wildman–Crippen LogP) is 4.48.